The van der Waals surface area contributed by atoms with Gasteiger partial charge in [0.1, 0.15) is 5.79 Å². The minimum atomic E-state index is -0.370. The van der Waals surface area contributed by atoms with Crippen molar-refractivity contribution >= 4 is 0 Å². The van der Waals surface area contributed by atoms with Crippen LogP contribution in [-0.4, -0.2) is 57.9 Å². The number of nitrogens with zero attached hydrogens (tertiary/aromatic N) is 2. The molecule has 1 unspecified atom stereocenters. The Morgan fingerprint density at radius 1 is 0.562 bits per heavy atom. The first kappa shape index (κ1) is 31.8. The van der Waals surface area contributed by atoms with E-state index in [1.165, 1.54) is 38.5 Å². The van der Waals surface area contributed by atoms with Gasteiger partial charge in [-0.2, -0.15) is 0 Å². The summed E-state index contributed by atoms with van der Waals surface area (Å²) in [6.07, 6.45) is 9.09. The van der Waals surface area contributed by atoms with Crippen molar-refractivity contribution in [3.05, 3.63) is 0 Å². The zero-order chi connectivity index (χ0) is 25.6. The minimum Gasteiger partial charge on any atom is -0.313 e. The maximum absolute atomic E-state index is 3.94. The van der Waals surface area contributed by atoms with E-state index in [4.69, 9.17) is 0 Å². The molecule has 0 aromatic rings. The van der Waals surface area contributed by atoms with E-state index in [0.717, 1.165) is 6.42 Å². The predicted octanol–water partition coefficient (Wildman–Crippen LogP) is 7.00. The van der Waals surface area contributed by atoms with Gasteiger partial charge in [-0.1, -0.05) is 45.4 Å². The van der Waals surface area contributed by atoms with E-state index in [9.17, 15) is 0 Å². The first-order valence-electron chi connectivity index (χ1n) is 13.3. The monoisotopic (exact) mass is 454 g/mol. The molecule has 4 nitrogen and oxygen atoms in total. The molecule has 32 heavy (non-hydrogen) atoms. The Morgan fingerprint density at radius 3 is 1.19 bits per heavy atom. The van der Waals surface area contributed by atoms with Crippen LogP contribution in [0, 0.1) is 0 Å². The van der Waals surface area contributed by atoms with E-state index in [0.29, 0.717) is 0 Å². The molecule has 0 aromatic heterocycles. The van der Waals surface area contributed by atoms with E-state index >= 15 is 0 Å². The molecule has 0 fully saturated rings. The van der Waals surface area contributed by atoms with Crippen LogP contribution >= 0.6 is 0 Å². The van der Waals surface area contributed by atoms with Gasteiger partial charge in [0.05, 0.1) is 6.04 Å². The first-order chi connectivity index (χ1) is 14.3. The number of hydrogen-bond donors (Lipinski definition) is 2. The Bertz CT molecular complexity index is 454. The van der Waals surface area contributed by atoms with Gasteiger partial charge in [-0.15, -0.1) is 0 Å². The summed E-state index contributed by atoms with van der Waals surface area (Å²) >= 11 is 0. The number of hydrogen-bond acceptors (Lipinski definition) is 4. The van der Waals surface area contributed by atoms with Gasteiger partial charge in [-0.25, -0.2) is 0 Å². The van der Waals surface area contributed by atoms with Crippen molar-refractivity contribution in [3.8, 4) is 0 Å². The molecular formula is C28H62N4. The van der Waals surface area contributed by atoms with E-state index in [2.05, 4.69) is 125 Å². The van der Waals surface area contributed by atoms with Gasteiger partial charge in [0, 0.05) is 22.2 Å². The highest BCUT2D eigenvalue weighted by Gasteiger charge is 2.59. The van der Waals surface area contributed by atoms with Gasteiger partial charge in [0.25, 0.3) is 0 Å². The largest absolute Gasteiger partial charge is 0.313 e. The van der Waals surface area contributed by atoms with Crippen molar-refractivity contribution < 1.29 is 0 Å². The molecule has 194 valence electrons. The summed E-state index contributed by atoms with van der Waals surface area (Å²) in [6, 6.07) is 0.274. The normalized spacial score (nSPS) is 15.7. The van der Waals surface area contributed by atoms with Crippen LogP contribution in [0.5, 0.6) is 0 Å². The van der Waals surface area contributed by atoms with Gasteiger partial charge in [0.2, 0.25) is 0 Å². The van der Waals surface area contributed by atoms with Crippen molar-refractivity contribution in [1.29, 1.82) is 0 Å². The lowest BCUT2D eigenvalue weighted by atomic mass is 9.82. The summed E-state index contributed by atoms with van der Waals surface area (Å²) in [5.74, 6) is -0.370. The van der Waals surface area contributed by atoms with Crippen LogP contribution in [0.25, 0.3) is 0 Å². The van der Waals surface area contributed by atoms with Crippen molar-refractivity contribution in [1.82, 2.24) is 20.4 Å². The summed E-state index contributed by atoms with van der Waals surface area (Å²) in [4.78, 5) is 5.48. The highest BCUT2D eigenvalue weighted by atomic mass is 15.6. The fraction of sp³-hybridized carbons (Fsp3) is 1.00. The van der Waals surface area contributed by atoms with Crippen molar-refractivity contribution in [3.63, 3.8) is 0 Å². The van der Waals surface area contributed by atoms with Crippen LogP contribution in [0.3, 0.4) is 0 Å². The highest BCUT2D eigenvalue weighted by molar-refractivity contribution is 5.10. The molecule has 0 amide bonds. The quantitative estimate of drug-likeness (QED) is 0.245. The molecule has 0 aliphatic rings. The van der Waals surface area contributed by atoms with E-state index in [1.807, 2.05) is 0 Å². The highest BCUT2D eigenvalue weighted by Crippen LogP contribution is 2.44. The standard InChI is InChI=1S/C28H62N4/c1-16-17-18-19-20-21-22-23(29-14)28(30-15,31(24(2,3)4)25(5,6)7)32(26(8,9)10)27(11,12)13/h23,29-30H,16-22H2,1-15H3. The van der Waals surface area contributed by atoms with Gasteiger partial charge >= 0.3 is 0 Å². The molecule has 4 heteroatoms. The molecular weight excluding hydrogens is 392 g/mol. The first-order valence-corrected chi connectivity index (χ1v) is 13.3. The number of likely N-dealkylation sites (N-methyl/N-ethyl adjacent to an activating group) is 2. The molecule has 0 aromatic carbocycles. The molecule has 2 N–H and O–H groups in total. The molecule has 0 aliphatic heterocycles. The maximum atomic E-state index is 3.94. The van der Waals surface area contributed by atoms with Gasteiger partial charge in [0.15, 0.2) is 0 Å². The molecule has 0 spiro atoms. The third-order valence-electron chi connectivity index (χ3n) is 6.41. The summed E-state index contributed by atoms with van der Waals surface area (Å²) in [7, 11) is 4.32. The van der Waals surface area contributed by atoms with Gasteiger partial charge in [-0.3, -0.25) is 15.1 Å². The van der Waals surface area contributed by atoms with E-state index in [1.54, 1.807) is 0 Å². The second kappa shape index (κ2) is 12.0. The SMILES string of the molecule is CCCCCCCCC(NC)C(NC)(N(C(C)(C)C)C(C)(C)C)N(C(C)(C)C)C(C)(C)C. The molecule has 0 radical (unpaired) electrons. The Labute approximate surface area is 203 Å². The lowest BCUT2D eigenvalue weighted by Crippen LogP contribution is -2.86. The van der Waals surface area contributed by atoms with Gasteiger partial charge in [-0.05, 0) is 104 Å². The molecule has 0 rings (SSSR count). The number of unbranched alkanes of at least 4 members (excludes halogenated alkanes) is 5. The number of rotatable bonds is 12. The van der Waals surface area contributed by atoms with Crippen molar-refractivity contribution in [2.24, 2.45) is 0 Å². The molecule has 0 saturated heterocycles. The summed E-state index contributed by atoms with van der Waals surface area (Å²) < 4.78 is 0. The van der Waals surface area contributed by atoms with Crippen LogP contribution in [0.1, 0.15) is 135 Å². The van der Waals surface area contributed by atoms with Gasteiger partial charge < -0.3 is 5.32 Å². The Balaban J connectivity index is 6.71. The summed E-state index contributed by atoms with van der Waals surface area (Å²) in [5, 5.41) is 7.74. The van der Waals surface area contributed by atoms with Crippen LogP contribution in [-0.2, 0) is 0 Å². The predicted molar refractivity (Wildman–Crippen MR) is 145 cm³/mol. The fourth-order valence-corrected chi connectivity index (χ4v) is 6.54. The topological polar surface area (TPSA) is 30.5 Å². The average molecular weight is 455 g/mol. The third kappa shape index (κ3) is 8.25. The summed E-state index contributed by atoms with van der Waals surface area (Å²) in [5.41, 5.74) is -0.142. The van der Waals surface area contributed by atoms with Crippen molar-refractivity contribution in [2.75, 3.05) is 14.1 Å². The average Bonchev–Trinajstić information content (AvgIpc) is 2.55. The molecule has 0 bridgehead atoms. The molecule has 0 saturated carbocycles. The van der Waals surface area contributed by atoms with E-state index in [-0.39, 0.29) is 34.0 Å². The third-order valence-corrected chi connectivity index (χ3v) is 6.41. The maximum Gasteiger partial charge on any atom is 0.145 e. The lowest BCUT2D eigenvalue weighted by molar-refractivity contribution is -0.232. The van der Waals surface area contributed by atoms with Crippen LogP contribution in [0.15, 0.2) is 0 Å². The zero-order valence-corrected chi connectivity index (χ0v) is 24.9. The second-order valence-corrected chi connectivity index (χ2v) is 13.7. The minimum absolute atomic E-state index is 0.0355. The molecule has 0 heterocycles. The van der Waals surface area contributed by atoms with E-state index < -0.39 is 0 Å². The second-order valence-electron chi connectivity index (χ2n) is 13.7. The van der Waals surface area contributed by atoms with Crippen LogP contribution < -0.4 is 10.6 Å². The Hall–Kier alpha value is -0.160. The zero-order valence-electron chi connectivity index (χ0n) is 24.9. The molecule has 1 atom stereocenters. The lowest BCUT2D eigenvalue weighted by Gasteiger charge is -2.68. The summed E-state index contributed by atoms with van der Waals surface area (Å²) in [6.45, 7) is 30.7. The van der Waals surface area contributed by atoms with Crippen LogP contribution in [0.2, 0.25) is 0 Å². The van der Waals surface area contributed by atoms with Crippen molar-refractivity contribution in [2.45, 2.75) is 169 Å². The smallest absolute Gasteiger partial charge is 0.145 e. The Kier molecular flexibility index (Phi) is 11.9. The number of nitrogens with one attached hydrogen (secondary N) is 2. The molecule has 0 aliphatic carbocycles. The van der Waals surface area contributed by atoms with Crippen LogP contribution in [0.4, 0.5) is 0 Å². The fourth-order valence-electron chi connectivity index (χ4n) is 6.54. The Morgan fingerprint density at radius 2 is 0.906 bits per heavy atom.